The number of carbonyl (C=O) groups is 3. The molecule has 0 bridgehead atoms. The highest BCUT2D eigenvalue weighted by atomic mass is 32.2. The van der Waals surface area contributed by atoms with Gasteiger partial charge in [-0.05, 0) is 43.4 Å². The number of fused-ring (bicyclic) bond motifs is 1. The van der Waals surface area contributed by atoms with Gasteiger partial charge in [-0.3, -0.25) is 19.9 Å². The Morgan fingerprint density at radius 3 is 2.53 bits per heavy atom. The number of aryl methyl sites for hydroxylation is 1. The zero-order valence-electron chi connectivity index (χ0n) is 20.8. The van der Waals surface area contributed by atoms with Crippen LogP contribution in [0.25, 0.3) is 10.8 Å². The lowest BCUT2D eigenvalue weighted by atomic mass is 9.98. The van der Waals surface area contributed by atoms with Crippen LogP contribution in [0.4, 0.5) is 10.6 Å². The maximum Gasteiger partial charge on any atom is 0.410 e. The fourth-order valence-corrected chi connectivity index (χ4v) is 5.48. The average molecular weight is 538 g/mol. The summed E-state index contributed by atoms with van der Waals surface area (Å²) in [6.45, 7) is 3.70. The number of nitrogens with zero attached hydrogens (tertiary/aromatic N) is 2. The average Bonchev–Trinajstić information content (AvgIpc) is 2.87. The van der Waals surface area contributed by atoms with Crippen molar-refractivity contribution in [3.05, 3.63) is 77.0 Å². The number of benzene rings is 2. The number of aromatic nitrogens is 1. The number of hydrogen-bond acceptors (Lipinski definition) is 6. The topological polar surface area (TPSA) is 158 Å². The lowest BCUT2D eigenvalue weighted by molar-refractivity contribution is -0.131. The van der Waals surface area contributed by atoms with Crippen molar-refractivity contribution >= 4 is 44.5 Å². The second-order valence-electron chi connectivity index (χ2n) is 8.86. The first-order chi connectivity index (χ1) is 18.0. The van der Waals surface area contributed by atoms with Crippen molar-refractivity contribution in [2.24, 2.45) is 0 Å². The van der Waals surface area contributed by atoms with E-state index in [1.54, 1.807) is 38.1 Å². The Bertz CT molecular complexity index is 1560. The summed E-state index contributed by atoms with van der Waals surface area (Å²) in [6, 6.07) is 15.1. The van der Waals surface area contributed by atoms with Gasteiger partial charge in [0.25, 0.3) is 15.9 Å². The molecule has 38 heavy (non-hydrogen) atoms. The van der Waals surface area contributed by atoms with E-state index < -0.39 is 27.9 Å². The maximum absolute atomic E-state index is 13.2. The van der Waals surface area contributed by atoms with Gasteiger partial charge in [0.15, 0.2) is 0 Å². The number of amides is 3. The molecule has 0 aliphatic carbocycles. The van der Waals surface area contributed by atoms with Gasteiger partial charge in [0.05, 0.1) is 11.3 Å². The van der Waals surface area contributed by atoms with Gasteiger partial charge >= 0.3 is 6.09 Å². The van der Waals surface area contributed by atoms with E-state index in [1.807, 2.05) is 18.2 Å². The minimum atomic E-state index is -4.07. The fraction of sp³-hybridized carbons (Fsp3) is 0.231. The molecule has 2 heterocycles. The van der Waals surface area contributed by atoms with E-state index >= 15 is 0 Å². The van der Waals surface area contributed by atoms with Gasteiger partial charge in [0.1, 0.15) is 5.82 Å². The number of rotatable bonds is 8. The number of carbonyl (C=O) groups excluding carboxylic acids is 2. The molecule has 0 fully saturated rings. The quantitative estimate of drug-likeness (QED) is 0.344. The minimum absolute atomic E-state index is 0.0579. The normalized spacial score (nSPS) is 14.1. The van der Waals surface area contributed by atoms with Crippen LogP contribution in [-0.2, 0) is 26.2 Å². The van der Waals surface area contributed by atoms with Crippen LogP contribution < -0.4 is 15.5 Å². The van der Waals surface area contributed by atoms with E-state index in [0.717, 1.165) is 10.4 Å². The summed E-state index contributed by atoms with van der Waals surface area (Å²) in [4.78, 5) is 43.2. The lowest BCUT2D eigenvalue weighted by Crippen LogP contribution is -2.49. The van der Waals surface area contributed by atoms with E-state index in [2.05, 4.69) is 20.4 Å². The molecule has 1 aliphatic rings. The number of pyridine rings is 1. The maximum atomic E-state index is 13.2. The predicted octanol–water partition coefficient (Wildman–Crippen LogP) is 3.08. The summed E-state index contributed by atoms with van der Waals surface area (Å²) >= 11 is 0. The zero-order chi connectivity index (χ0) is 27.4. The van der Waals surface area contributed by atoms with Gasteiger partial charge in [-0.15, -0.1) is 4.83 Å². The standard InChI is InChI=1S/C26H27N5O6S/c1-16-12-13-31(30-38(36,37)22-9-5-7-18-6-3-4-8-20(18)22)25(33)21(16)14-24(32)27-15-19-10-11-23(28-17(19)2)29-26(34)35/h3-11,30H,12-15H2,1-2H3,(H,27,32)(H,28,29)(H,34,35). The van der Waals surface area contributed by atoms with Crippen molar-refractivity contribution in [1.82, 2.24) is 20.1 Å². The first-order valence-electron chi connectivity index (χ1n) is 11.8. The van der Waals surface area contributed by atoms with E-state index in [9.17, 15) is 22.8 Å². The van der Waals surface area contributed by atoms with E-state index in [-0.39, 0.29) is 35.8 Å². The van der Waals surface area contributed by atoms with Crippen LogP contribution in [0, 0.1) is 6.92 Å². The highest BCUT2D eigenvalue weighted by molar-refractivity contribution is 7.89. The Balaban J connectivity index is 1.42. The summed E-state index contributed by atoms with van der Waals surface area (Å²) < 4.78 is 26.4. The molecule has 4 N–H and O–H groups in total. The molecule has 2 aromatic carbocycles. The molecular weight excluding hydrogens is 510 g/mol. The van der Waals surface area contributed by atoms with E-state index in [0.29, 0.717) is 28.6 Å². The molecule has 1 aromatic heterocycles. The summed E-state index contributed by atoms with van der Waals surface area (Å²) in [5, 5.41) is 16.0. The van der Waals surface area contributed by atoms with Crippen LogP contribution in [-0.4, -0.2) is 48.0 Å². The zero-order valence-corrected chi connectivity index (χ0v) is 21.6. The Morgan fingerprint density at radius 1 is 1.05 bits per heavy atom. The molecule has 0 radical (unpaired) electrons. The molecule has 0 spiro atoms. The Labute approximate surface area is 219 Å². The lowest BCUT2D eigenvalue weighted by Gasteiger charge is -2.29. The van der Waals surface area contributed by atoms with Gasteiger partial charge in [0, 0.05) is 29.7 Å². The smallest absolute Gasteiger partial charge is 0.410 e. The molecule has 198 valence electrons. The molecule has 0 unspecified atom stereocenters. The molecule has 1 aliphatic heterocycles. The summed E-state index contributed by atoms with van der Waals surface area (Å²) in [5.41, 5.74) is 2.16. The van der Waals surface area contributed by atoms with Crippen molar-refractivity contribution in [2.75, 3.05) is 11.9 Å². The number of hydrogen-bond donors (Lipinski definition) is 4. The predicted molar refractivity (Wildman–Crippen MR) is 140 cm³/mol. The van der Waals surface area contributed by atoms with E-state index in [4.69, 9.17) is 5.11 Å². The van der Waals surface area contributed by atoms with Crippen molar-refractivity contribution in [3.8, 4) is 0 Å². The van der Waals surface area contributed by atoms with Crippen molar-refractivity contribution in [1.29, 1.82) is 0 Å². The Morgan fingerprint density at radius 2 is 1.79 bits per heavy atom. The second-order valence-corrected chi connectivity index (χ2v) is 10.5. The van der Waals surface area contributed by atoms with E-state index in [1.165, 1.54) is 12.1 Å². The number of sulfonamides is 1. The SMILES string of the molecule is CC1=C(CC(=O)NCc2ccc(NC(=O)O)nc2C)C(=O)N(NS(=O)(=O)c2cccc3ccccc23)CC1. The molecule has 11 nitrogen and oxygen atoms in total. The van der Waals surface area contributed by atoms with Gasteiger partial charge in [-0.1, -0.05) is 48.0 Å². The van der Waals surface area contributed by atoms with Gasteiger partial charge in [0.2, 0.25) is 5.91 Å². The molecule has 12 heteroatoms. The molecule has 0 saturated heterocycles. The third kappa shape index (κ3) is 5.98. The minimum Gasteiger partial charge on any atom is -0.465 e. The number of nitrogens with one attached hydrogen (secondary N) is 3. The van der Waals surface area contributed by atoms with Crippen LogP contribution in [0.1, 0.15) is 31.0 Å². The molecule has 0 saturated carbocycles. The van der Waals surface area contributed by atoms with Crippen LogP contribution in [0.5, 0.6) is 0 Å². The molecular formula is C26H27N5O6S. The van der Waals surface area contributed by atoms with Gasteiger partial charge in [-0.25, -0.2) is 18.2 Å². The molecule has 3 amide bonds. The Kier molecular flexibility index (Phi) is 7.74. The van der Waals surface area contributed by atoms with Gasteiger partial charge < -0.3 is 10.4 Å². The highest BCUT2D eigenvalue weighted by Gasteiger charge is 2.30. The summed E-state index contributed by atoms with van der Waals surface area (Å²) in [6.07, 6.45) is -1.04. The highest BCUT2D eigenvalue weighted by Crippen LogP contribution is 2.25. The third-order valence-electron chi connectivity index (χ3n) is 6.24. The number of carboxylic acid groups (broad SMARTS) is 1. The van der Waals surface area contributed by atoms with Crippen molar-refractivity contribution in [3.63, 3.8) is 0 Å². The second kappa shape index (κ2) is 11.0. The number of hydrazine groups is 1. The number of anilines is 1. The monoisotopic (exact) mass is 537 g/mol. The van der Waals surface area contributed by atoms with Crippen LogP contribution in [0.2, 0.25) is 0 Å². The molecule has 0 atom stereocenters. The molecule has 4 rings (SSSR count). The summed E-state index contributed by atoms with van der Waals surface area (Å²) in [5.74, 6) is -0.821. The Hall–Kier alpha value is -4.29. The first kappa shape index (κ1) is 26.8. The van der Waals surface area contributed by atoms with Crippen molar-refractivity contribution in [2.45, 2.75) is 38.1 Å². The fourth-order valence-electron chi connectivity index (χ4n) is 4.19. The van der Waals surface area contributed by atoms with Crippen LogP contribution in [0.15, 0.2) is 70.6 Å². The largest absolute Gasteiger partial charge is 0.465 e. The third-order valence-corrected chi connectivity index (χ3v) is 7.64. The van der Waals surface area contributed by atoms with Crippen LogP contribution in [0.3, 0.4) is 0 Å². The first-order valence-corrected chi connectivity index (χ1v) is 13.3. The van der Waals surface area contributed by atoms with Crippen molar-refractivity contribution < 1.29 is 27.9 Å². The van der Waals surface area contributed by atoms with Gasteiger partial charge in [-0.2, -0.15) is 0 Å². The summed E-state index contributed by atoms with van der Waals surface area (Å²) in [7, 11) is -4.07. The van der Waals surface area contributed by atoms with Crippen LogP contribution >= 0.6 is 0 Å². The molecule has 3 aromatic rings.